The van der Waals surface area contributed by atoms with E-state index in [0.29, 0.717) is 23.1 Å². The fraction of sp³-hybridized carbons (Fsp3) is 0.280. The number of carbonyl (C=O) groups is 1. The molecule has 0 fully saturated rings. The molecule has 0 saturated heterocycles. The third-order valence-corrected chi connectivity index (χ3v) is 6.28. The van der Waals surface area contributed by atoms with Gasteiger partial charge in [0.1, 0.15) is 11.9 Å². The van der Waals surface area contributed by atoms with Crippen molar-refractivity contribution in [3.8, 4) is 0 Å². The summed E-state index contributed by atoms with van der Waals surface area (Å²) in [5, 5.41) is 6.04. The molecule has 0 aliphatic carbocycles. The van der Waals surface area contributed by atoms with E-state index in [1.165, 1.54) is 11.8 Å². The Bertz CT molecular complexity index is 1450. The van der Waals surface area contributed by atoms with E-state index < -0.39 is 6.04 Å². The smallest absolute Gasteiger partial charge is 0.328 e. The minimum atomic E-state index is -0.500. The number of nitrogens with zero attached hydrogens (tertiary/aromatic N) is 4. The highest BCUT2D eigenvalue weighted by atomic mass is 79.9. The van der Waals surface area contributed by atoms with Crippen LogP contribution in [0.15, 0.2) is 56.8 Å². The third kappa shape index (κ3) is 4.11. The quantitative estimate of drug-likeness (QED) is 0.271. The first-order valence-corrected chi connectivity index (χ1v) is 11.6. The van der Waals surface area contributed by atoms with Crippen molar-refractivity contribution in [1.82, 2.24) is 14.2 Å². The summed E-state index contributed by atoms with van der Waals surface area (Å²) >= 11 is 3.43. The molecule has 0 spiro atoms. The van der Waals surface area contributed by atoms with Gasteiger partial charge in [-0.2, -0.15) is 9.78 Å². The van der Waals surface area contributed by atoms with E-state index in [1.54, 1.807) is 19.2 Å². The van der Waals surface area contributed by atoms with Gasteiger partial charge >= 0.3 is 5.97 Å². The number of hydrogen-bond acceptors (Lipinski definition) is 5. The minimum Gasteiger partial charge on any atom is -0.467 e. The molecule has 33 heavy (non-hydrogen) atoms. The molecular formula is C25H25BrN4O3. The van der Waals surface area contributed by atoms with Crippen molar-refractivity contribution < 1.29 is 9.53 Å². The van der Waals surface area contributed by atoms with Gasteiger partial charge in [0.25, 0.3) is 5.56 Å². The molecule has 2 aromatic carbocycles. The van der Waals surface area contributed by atoms with Crippen molar-refractivity contribution in [3.63, 3.8) is 0 Å². The summed E-state index contributed by atoms with van der Waals surface area (Å²) in [5.41, 5.74) is 3.03. The molecule has 2 heterocycles. The summed E-state index contributed by atoms with van der Waals surface area (Å²) < 4.78 is 9.10. The molecule has 0 radical (unpaired) electrons. The average molecular weight is 509 g/mol. The largest absolute Gasteiger partial charge is 0.467 e. The summed E-state index contributed by atoms with van der Waals surface area (Å²) in [6.45, 7) is 5.78. The van der Waals surface area contributed by atoms with E-state index in [4.69, 9.17) is 9.72 Å². The molecule has 0 unspecified atom stereocenters. The van der Waals surface area contributed by atoms with Gasteiger partial charge in [-0.25, -0.2) is 9.78 Å². The van der Waals surface area contributed by atoms with Gasteiger partial charge in [-0.3, -0.25) is 4.79 Å². The Morgan fingerprint density at radius 1 is 1.24 bits per heavy atom. The topological polar surface area (TPSA) is 78.5 Å². The molecule has 0 bridgehead atoms. The van der Waals surface area contributed by atoms with Gasteiger partial charge in [0.2, 0.25) is 0 Å². The van der Waals surface area contributed by atoms with Crippen LogP contribution in [-0.2, 0) is 16.0 Å². The Labute approximate surface area is 199 Å². The van der Waals surface area contributed by atoms with Gasteiger partial charge in [-0.1, -0.05) is 41.1 Å². The van der Waals surface area contributed by atoms with Crippen molar-refractivity contribution in [2.45, 2.75) is 39.7 Å². The van der Waals surface area contributed by atoms with Crippen LogP contribution in [0, 0.1) is 6.92 Å². The van der Waals surface area contributed by atoms with E-state index in [9.17, 15) is 9.59 Å². The van der Waals surface area contributed by atoms with Crippen LogP contribution in [0.4, 0.5) is 0 Å². The van der Waals surface area contributed by atoms with Gasteiger partial charge in [0, 0.05) is 33.1 Å². The van der Waals surface area contributed by atoms with Gasteiger partial charge in [-0.05, 0) is 44.5 Å². The summed E-state index contributed by atoms with van der Waals surface area (Å²) in [5.74, 6) is 0.283. The molecular weight excluding hydrogens is 484 g/mol. The molecule has 0 amide bonds. The summed E-state index contributed by atoms with van der Waals surface area (Å²) in [7, 11) is 1.38. The van der Waals surface area contributed by atoms with Gasteiger partial charge < -0.3 is 9.30 Å². The maximum Gasteiger partial charge on any atom is 0.328 e. The monoisotopic (exact) mass is 508 g/mol. The Balaban J connectivity index is 1.91. The van der Waals surface area contributed by atoms with Gasteiger partial charge in [-0.15, -0.1) is 0 Å². The standard InChI is InChI=1S/C25H25BrN4O3/c1-5-8-23-28-21-12-11-17(26)13-19(21)24(31)30(23)27-14-20-15(2)29(16(3)25(32)33-4)22-10-7-6-9-18(20)22/h6-7,9-14,16H,5,8H2,1-4H3/t16-/m0/s1. The fourth-order valence-electron chi connectivity index (χ4n) is 4.17. The highest BCUT2D eigenvalue weighted by Gasteiger charge is 2.22. The van der Waals surface area contributed by atoms with E-state index in [-0.39, 0.29) is 11.5 Å². The molecule has 170 valence electrons. The first kappa shape index (κ1) is 22.9. The van der Waals surface area contributed by atoms with Gasteiger partial charge in [0.05, 0.1) is 24.2 Å². The molecule has 4 aromatic rings. The predicted molar refractivity (Wildman–Crippen MR) is 134 cm³/mol. The second-order valence-electron chi connectivity index (χ2n) is 7.89. The first-order chi connectivity index (χ1) is 15.9. The second kappa shape index (κ2) is 9.31. The Morgan fingerprint density at radius 3 is 2.73 bits per heavy atom. The lowest BCUT2D eigenvalue weighted by molar-refractivity contribution is -0.143. The minimum absolute atomic E-state index is 0.217. The zero-order valence-corrected chi connectivity index (χ0v) is 20.6. The van der Waals surface area contributed by atoms with E-state index in [0.717, 1.165) is 33.1 Å². The number of benzene rings is 2. The number of carbonyl (C=O) groups excluding carboxylic acids is 1. The average Bonchev–Trinajstić information content (AvgIpc) is 3.09. The van der Waals surface area contributed by atoms with E-state index in [2.05, 4.69) is 21.0 Å². The summed E-state index contributed by atoms with van der Waals surface area (Å²) in [4.78, 5) is 30.3. The number of rotatable bonds is 6. The number of methoxy groups -OCH3 is 1. The summed E-state index contributed by atoms with van der Waals surface area (Å²) in [6, 6.07) is 12.8. The van der Waals surface area contributed by atoms with Crippen LogP contribution in [0.3, 0.4) is 0 Å². The second-order valence-corrected chi connectivity index (χ2v) is 8.80. The number of halogens is 1. The molecule has 0 saturated carbocycles. The van der Waals surface area contributed by atoms with Crippen molar-refractivity contribution in [3.05, 3.63) is 74.4 Å². The van der Waals surface area contributed by atoms with Crippen LogP contribution >= 0.6 is 15.9 Å². The SMILES string of the molecule is CCCc1nc2ccc(Br)cc2c(=O)n1N=Cc1c(C)n([C@@H](C)C(=O)OC)c2ccccc12. The van der Waals surface area contributed by atoms with E-state index in [1.807, 2.05) is 54.8 Å². The number of aromatic nitrogens is 3. The van der Waals surface area contributed by atoms with Crippen molar-refractivity contribution in [2.75, 3.05) is 7.11 Å². The Hall–Kier alpha value is -3.26. The van der Waals surface area contributed by atoms with Crippen LogP contribution in [0.5, 0.6) is 0 Å². The normalized spacial score (nSPS) is 12.6. The van der Waals surface area contributed by atoms with Crippen LogP contribution in [-0.4, -0.2) is 33.5 Å². The number of fused-ring (bicyclic) bond motifs is 2. The number of aryl methyl sites for hydroxylation is 1. The molecule has 1 atom stereocenters. The number of hydrogen-bond donors (Lipinski definition) is 0. The Morgan fingerprint density at radius 2 is 2.00 bits per heavy atom. The van der Waals surface area contributed by atoms with Gasteiger partial charge in [0.15, 0.2) is 0 Å². The lowest BCUT2D eigenvalue weighted by atomic mass is 10.1. The van der Waals surface area contributed by atoms with Crippen molar-refractivity contribution in [1.29, 1.82) is 0 Å². The highest BCUT2D eigenvalue weighted by Crippen LogP contribution is 2.28. The number of ether oxygens (including phenoxy) is 1. The Kier molecular flexibility index (Phi) is 6.47. The lowest BCUT2D eigenvalue weighted by Gasteiger charge is -2.15. The lowest BCUT2D eigenvalue weighted by Crippen LogP contribution is -2.22. The van der Waals surface area contributed by atoms with E-state index >= 15 is 0 Å². The van der Waals surface area contributed by atoms with Crippen molar-refractivity contribution in [2.24, 2.45) is 5.10 Å². The maximum atomic E-state index is 13.3. The third-order valence-electron chi connectivity index (χ3n) is 5.79. The molecule has 2 aromatic heterocycles. The van der Waals surface area contributed by atoms with Crippen LogP contribution < -0.4 is 5.56 Å². The zero-order chi connectivity index (χ0) is 23.7. The maximum absolute atomic E-state index is 13.3. The first-order valence-electron chi connectivity index (χ1n) is 10.8. The molecule has 7 nitrogen and oxygen atoms in total. The molecule has 0 N–H and O–H groups in total. The van der Waals surface area contributed by atoms with Crippen LogP contribution in [0.1, 0.15) is 43.4 Å². The van der Waals surface area contributed by atoms with Crippen LogP contribution in [0.2, 0.25) is 0 Å². The van der Waals surface area contributed by atoms with Crippen LogP contribution in [0.25, 0.3) is 21.8 Å². The molecule has 8 heteroatoms. The fourth-order valence-corrected chi connectivity index (χ4v) is 4.53. The predicted octanol–water partition coefficient (Wildman–Crippen LogP) is 4.99. The highest BCUT2D eigenvalue weighted by molar-refractivity contribution is 9.10. The molecule has 0 aliphatic heterocycles. The van der Waals surface area contributed by atoms with Crippen molar-refractivity contribution >= 4 is 49.9 Å². The number of esters is 1. The number of para-hydroxylation sites is 1. The summed E-state index contributed by atoms with van der Waals surface area (Å²) in [6.07, 6.45) is 3.14. The zero-order valence-electron chi connectivity index (χ0n) is 19.0. The molecule has 4 rings (SSSR count). The molecule has 0 aliphatic rings.